The van der Waals surface area contributed by atoms with Crippen molar-refractivity contribution in [2.24, 2.45) is 0 Å². The summed E-state index contributed by atoms with van der Waals surface area (Å²) in [5, 5.41) is 12.9. The van der Waals surface area contributed by atoms with E-state index in [1.54, 1.807) is 23.1 Å². The average molecular weight is 449 g/mol. The maximum Gasteiger partial charge on any atom is 0.192 e. The van der Waals surface area contributed by atoms with E-state index in [9.17, 15) is 0 Å². The molecule has 0 saturated heterocycles. The number of rotatable bonds is 9. The first-order valence-corrected chi connectivity index (χ1v) is 12.0. The van der Waals surface area contributed by atoms with Crippen LogP contribution < -0.4 is 4.74 Å². The second-order valence-electron chi connectivity index (χ2n) is 6.97. The summed E-state index contributed by atoms with van der Waals surface area (Å²) in [6.45, 7) is 9.26. The summed E-state index contributed by atoms with van der Waals surface area (Å²) in [6, 6.07) is 16.4. The van der Waals surface area contributed by atoms with E-state index in [2.05, 4.69) is 57.9 Å². The number of thioether (sulfide) groups is 1. The van der Waals surface area contributed by atoms with Crippen molar-refractivity contribution in [1.29, 1.82) is 0 Å². The molecule has 5 nitrogen and oxygen atoms in total. The van der Waals surface area contributed by atoms with Gasteiger partial charge < -0.3 is 4.74 Å². The minimum Gasteiger partial charge on any atom is -0.494 e. The van der Waals surface area contributed by atoms with E-state index in [0.29, 0.717) is 13.2 Å². The Kier molecular flexibility index (Phi) is 6.84. The monoisotopic (exact) mass is 448 g/mol. The van der Waals surface area contributed by atoms with Gasteiger partial charge in [0.1, 0.15) is 10.8 Å². The molecule has 0 N–H and O–H groups in total. The number of benzene rings is 2. The van der Waals surface area contributed by atoms with Gasteiger partial charge in [0.05, 0.1) is 12.3 Å². The number of hydrogen-bond donors (Lipinski definition) is 0. The third-order valence-electron chi connectivity index (χ3n) is 4.62. The summed E-state index contributed by atoms with van der Waals surface area (Å²) in [5.74, 6) is 2.41. The van der Waals surface area contributed by atoms with E-state index in [-0.39, 0.29) is 0 Å². The van der Waals surface area contributed by atoms with Gasteiger partial charge in [0.2, 0.25) is 0 Å². The summed E-state index contributed by atoms with van der Waals surface area (Å²) >= 11 is 3.31. The highest BCUT2D eigenvalue weighted by Crippen LogP contribution is 2.30. The predicted molar refractivity (Wildman–Crippen MR) is 129 cm³/mol. The molecule has 0 atom stereocenters. The fourth-order valence-corrected chi connectivity index (χ4v) is 4.95. The summed E-state index contributed by atoms with van der Waals surface area (Å²) in [4.78, 5) is 4.81. The Bertz CT molecular complexity index is 1160. The molecule has 0 bridgehead atoms. The Hall–Kier alpha value is -2.90. The van der Waals surface area contributed by atoms with Crippen molar-refractivity contribution in [3.8, 4) is 27.7 Å². The average Bonchev–Trinajstić information content (AvgIpc) is 3.41. The van der Waals surface area contributed by atoms with Crippen LogP contribution in [0.15, 0.2) is 71.7 Å². The van der Waals surface area contributed by atoms with Crippen LogP contribution in [-0.4, -0.2) is 26.4 Å². The van der Waals surface area contributed by atoms with Crippen molar-refractivity contribution in [1.82, 2.24) is 19.7 Å². The van der Waals surface area contributed by atoms with Crippen LogP contribution in [0.4, 0.5) is 0 Å². The highest BCUT2D eigenvalue weighted by molar-refractivity contribution is 7.98. The minimum absolute atomic E-state index is 0.642. The highest BCUT2D eigenvalue weighted by atomic mass is 32.2. The van der Waals surface area contributed by atoms with Gasteiger partial charge in [0.15, 0.2) is 11.0 Å². The molecule has 0 aliphatic carbocycles. The van der Waals surface area contributed by atoms with Crippen molar-refractivity contribution < 1.29 is 4.74 Å². The molecule has 158 valence electrons. The lowest BCUT2D eigenvalue weighted by Gasteiger charge is -2.08. The molecule has 0 radical (unpaired) electrons. The Morgan fingerprint density at radius 2 is 1.97 bits per heavy atom. The van der Waals surface area contributed by atoms with Gasteiger partial charge in [0, 0.05) is 28.8 Å². The maximum absolute atomic E-state index is 5.54. The van der Waals surface area contributed by atoms with Crippen LogP contribution >= 0.6 is 23.1 Å². The zero-order chi connectivity index (χ0) is 21.6. The van der Waals surface area contributed by atoms with Crippen LogP contribution in [0.5, 0.6) is 5.75 Å². The molecular formula is C24H24N4OS2. The Labute approximate surface area is 190 Å². The summed E-state index contributed by atoms with van der Waals surface area (Å²) in [6.07, 6.45) is 1.87. The standard InChI is InChI=1S/C24H24N4OS2/c1-4-13-28-22(18-9-11-21(12-10-18)29-5-2)26-27-24(28)31-16-20-15-30-23(25-20)19-8-6-7-17(3)14-19/h4,6-12,14-15H,1,5,13,16H2,2-3H3. The van der Waals surface area contributed by atoms with E-state index in [4.69, 9.17) is 9.72 Å². The third-order valence-corrected chi connectivity index (χ3v) is 6.56. The van der Waals surface area contributed by atoms with Gasteiger partial charge in [-0.25, -0.2) is 4.98 Å². The normalized spacial score (nSPS) is 10.9. The molecule has 0 aliphatic heterocycles. The van der Waals surface area contributed by atoms with Crippen molar-refractivity contribution in [3.05, 3.63) is 77.8 Å². The number of thiazole rings is 1. The van der Waals surface area contributed by atoms with Gasteiger partial charge in [-0.05, 0) is 44.2 Å². The zero-order valence-corrected chi connectivity index (χ0v) is 19.2. The second-order valence-corrected chi connectivity index (χ2v) is 8.77. The molecule has 0 unspecified atom stereocenters. The number of hydrogen-bond acceptors (Lipinski definition) is 6. The Balaban J connectivity index is 1.51. The molecule has 2 aromatic heterocycles. The molecule has 0 aliphatic rings. The summed E-state index contributed by atoms with van der Waals surface area (Å²) in [5.41, 5.74) is 4.44. The van der Waals surface area contributed by atoms with Gasteiger partial charge in [-0.2, -0.15) is 0 Å². The van der Waals surface area contributed by atoms with Crippen molar-refractivity contribution in [3.63, 3.8) is 0 Å². The number of aromatic nitrogens is 4. The Morgan fingerprint density at radius 1 is 1.13 bits per heavy atom. The minimum atomic E-state index is 0.642. The topological polar surface area (TPSA) is 52.8 Å². The van der Waals surface area contributed by atoms with Crippen LogP contribution in [0, 0.1) is 6.92 Å². The molecule has 2 heterocycles. The maximum atomic E-state index is 5.54. The van der Waals surface area contributed by atoms with Crippen LogP contribution in [0.25, 0.3) is 22.0 Å². The molecular weight excluding hydrogens is 424 g/mol. The lowest BCUT2D eigenvalue weighted by molar-refractivity contribution is 0.340. The molecule has 0 amide bonds. The van der Waals surface area contributed by atoms with E-state index >= 15 is 0 Å². The predicted octanol–water partition coefficient (Wildman–Crippen LogP) is 6.25. The van der Waals surface area contributed by atoms with Crippen LogP contribution in [0.2, 0.25) is 0 Å². The summed E-state index contributed by atoms with van der Waals surface area (Å²) in [7, 11) is 0. The number of allylic oxidation sites excluding steroid dienone is 1. The fourth-order valence-electron chi connectivity index (χ4n) is 3.19. The van der Waals surface area contributed by atoms with E-state index < -0.39 is 0 Å². The van der Waals surface area contributed by atoms with Crippen molar-refractivity contribution >= 4 is 23.1 Å². The van der Waals surface area contributed by atoms with Crippen LogP contribution in [0.3, 0.4) is 0 Å². The van der Waals surface area contributed by atoms with E-state index in [0.717, 1.165) is 44.3 Å². The fraction of sp³-hybridized carbons (Fsp3) is 0.208. The molecule has 7 heteroatoms. The zero-order valence-electron chi connectivity index (χ0n) is 17.6. The van der Waals surface area contributed by atoms with Gasteiger partial charge in [-0.3, -0.25) is 4.57 Å². The third kappa shape index (κ3) is 5.06. The molecule has 0 spiro atoms. The number of ether oxygens (including phenoxy) is 1. The second kappa shape index (κ2) is 9.94. The molecule has 4 aromatic rings. The largest absolute Gasteiger partial charge is 0.494 e. The molecule has 0 saturated carbocycles. The van der Waals surface area contributed by atoms with E-state index in [1.165, 1.54) is 5.56 Å². The quantitative estimate of drug-likeness (QED) is 0.224. The first-order chi connectivity index (χ1) is 15.2. The number of nitrogens with zero attached hydrogens (tertiary/aromatic N) is 4. The van der Waals surface area contributed by atoms with Gasteiger partial charge in [0.25, 0.3) is 0 Å². The molecule has 0 fully saturated rings. The molecule has 4 rings (SSSR count). The van der Waals surface area contributed by atoms with Crippen LogP contribution in [-0.2, 0) is 12.3 Å². The summed E-state index contributed by atoms with van der Waals surface area (Å²) < 4.78 is 7.62. The Morgan fingerprint density at radius 3 is 2.71 bits per heavy atom. The lowest BCUT2D eigenvalue weighted by atomic mass is 10.1. The van der Waals surface area contributed by atoms with Gasteiger partial charge in [-0.15, -0.1) is 28.1 Å². The SMILES string of the molecule is C=CCn1c(SCc2csc(-c3cccc(C)c3)n2)nnc1-c1ccc(OCC)cc1. The number of aryl methyl sites for hydroxylation is 1. The first kappa shape index (κ1) is 21.3. The smallest absolute Gasteiger partial charge is 0.192 e. The highest BCUT2D eigenvalue weighted by Gasteiger charge is 2.15. The van der Waals surface area contributed by atoms with Crippen molar-refractivity contribution in [2.45, 2.75) is 31.3 Å². The van der Waals surface area contributed by atoms with Gasteiger partial charge in [-0.1, -0.05) is 41.6 Å². The lowest BCUT2D eigenvalue weighted by Crippen LogP contribution is -2.01. The first-order valence-electron chi connectivity index (χ1n) is 10.1. The van der Waals surface area contributed by atoms with E-state index in [1.807, 2.05) is 37.3 Å². The molecule has 2 aromatic carbocycles. The molecule has 31 heavy (non-hydrogen) atoms. The van der Waals surface area contributed by atoms with Gasteiger partial charge >= 0.3 is 0 Å². The van der Waals surface area contributed by atoms with Crippen molar-refractivity contribution in [2.75, 3.05) is 6.61 Å². The van der Waals surface area contributed by atoms with Crippen LogP contribution in [0.1, 0.15) is 18.2 Å².